The van der Waals surface area contributed by atoms with Crippen molar-refractivity contribution in [3.63, 3.8) is 0 Å². The summed E-state index contributed by atoms with van der Waals surface area (Å²) < 4.78 is 0. The van der Waals surface area contributed by atoms with Gasteiger partial charge in [-0.3, -0.25) is 0 Å². The first-order chi connectivity index (χ1) is 9.69. The summed E-state index contributed by atoms with van der Waals surface area (Å²) in [5.74, 6) is 1.01. The maximum absolute atomic E-state index is 9.14. The molecule has 0 N–H and O–H groups in total. The fourth-order valence-electron chi connectivity index (χ4n) is 2.90. The van der Waals surface area contributed by atoms with Crippen LogP contribution in [0.25, 0.3) is 11.0 Å². The van der Waals surface area contributed by atoms with Crippen LogP contribution in [-0.4, -0.2) is 28.0 Å². The molecule has 2 aromatic rings. The molecule has 102 valence electrons. The normalized spacial score (nSPS) is 19.1. The van der Waals surface area contributed by atoms with E-state index in [0.29, 0.717) is 0 Å². The standard InChI is InChI=1S/C15H17N5/c1-10-6-11(2)19-14-13(10)15(18-9-17-14)20-5-3-4-12(7-16)8-20/h6,9,12H,3-5,8H2,1-2H3/t12-/m1/s1. The lowest BCUT2D eigenvalue weighted by Crippen LogP contribution is -2.35. The maximum atomic E-state index is 9.14. The Morgan fingerprint density at radius 1 is 1.35 bits per heavy atom. The van der Waals surface area contributed by atoms with Crippen LogP contribution in [-0.2, 0) is 0 Å². The zero-order chi connectivity index (χ0) is 14.1. The van der Waals surface area contributed by atoms with Gasteiger partial charge in [0.1, 0.15) is 12.1 Å². The van der Waals surface area contributed by atoms with Crippen LogP contribution in [0.4, 0.5) is 5.82 Å². The van der Waals surface area contributed by atoms with E-state index in [2.05, 4.69) is 38.9 Å². The number of hydrogen-bond acceptors (Lipinski definition) is 5. The number of fused-ring (bicyclic) bond motifs is 1. The van der Waals surface area contributed by atoms with Crippen molar-refractivity contribution in [3.8, 4) is 6.07 Å². The Hall–Kier alpha value is -2.22. The van der Waals surface area contributed by atoms with E-state index in [1.165, 1.54) is 0 Å². The van der Waals surface area contributed by atoms with Gasteiger partial charge in [0.25, 0.3) is 0 Å². The van der Waals surface area contributed by atoms with Gasteiger partial charge in [-0.15, -0.1) is 0 Å². The summed E-state index contributed by atoms with van der Waals surface area (Å²) in [4.78, 5) is 15.4. The molecule has 5 heteroatoms. The molecule has 20 heavy (non-hydrogen) atoms. The zero-order valence-electron chi connectivity index (χ0n) is 11.8. The highest BCUT2D eigenvalue weighted by atomic mass is 15.2. The van der Waals surface area contributed by atoms with Crippen molar-refractivity contribution in [1.29, 1.82) is 5.26 Å². The molecule has 1 atom stereocenters. The minimum atomic E-state index is 0.0903. The van der Waals surface area contributed by atoms with Gasteiger partial charge in [0, 0.05) is 18.8 Å². The number of rotatable bonds is 1. The number of nitrogens with zero attached hydrogens (tertiary/aromatic N) is 5. The summed E-state index contributed by atoms with van der Waals surface area (Å²) in [6, 6.07) is 4.43. The van der Waals surface area contributed by atoms with Crippen LogP contribution in [0.5, 0.6) is 0 Å². The van der Waals surface area contributed by atoms with Gasteiger partial charge in [0.2, 0.25) is 0 Å². The van der Waals surface area contributed by atoms with Gasteiger partial charge in [0.15, 0.2) is 5.65 Å². The molecular weight excluding hydrogens is 250 g/mol. The molecule has 0 unspecified atom stereocenters. The second-order valence-corrected chi connectivity index (χ2v) is 5.39. The number of aromatic nitrogens is 3. The summed E-state index contributed by atoms with van der Waals surface area (Å²) in [6.07, 6.45) is 3.58. The first-order valence-corrected chi connectivity index (χ1v) is 6.92. The van der Waals surface area contributed by atoms with E-state index in [4.69, 9.17) is 5.26 Å². The van der Waals surface area contributed by atoms with Gasteiger partial charge in [0.05, 0.1) is 17.4 Å². The maximum Gasteiger partial charge on any atom is 0.165 e. The molecule has 2 aromatic heterocycles. The molecule has 0 spiro atoms. The molecule has 0 radical (unpaired) electrons. The van der Waals surface area contributed by atoms with Crippen LogP contribution in [0.3, 0.4) is 0 Å². The molecule has 0 aliphatic carbocycles. The summed E-state index contributed by atoms with van der Waals surface area (Å²) in [5.41, 5.74) is 2.85. The Morgan fingerprint density at radius 3 is 3.00 bits per heavy atom. The van der Waals surface area contributed by atoms with Crippen LogP contribution in [0.1, 0.15) is 24.1 Å². The van der Waals surface area contributed by atoms with Gasteiger partial charge in [-0.2, -0.15) is 5.26 Å². The predicted molar refractivity (Wildman–Crippen MR) is 77.4 cm³/mol. The number of piperidine rings is 1. The summed E-state index contributed by atoms with van der Waals surface area (Å²) >= 11 is 0. The Labute approximate surface area is 118 Å². The summed E-state index contributed by atoms with van der Waals surface area (Å²) in [5, 5.41) is 10.1. The lowest BCUT2D eigenvalue weighted by atomic mass is 9.99. The third-order valence-corrected chi connectivity index (χ3v) is 3.81. The number of hydrogen-bond donors (Lipinski definition) is 0. The van der Waals surface area contributed by atoms with Crippen molar-refractivity contribution < 1.29 is 0 Å². The molecule has 0 bridgehead atoms. The Morgan fingerprint density at radius 2 is 2.20 bits per heavy atom. The largest absolute Gasteiger partial charge is 0.355 e. The molecule has 1 fully saturated rings. The van der Waals surface area contributed by atoms with E-state index in [1.807, 2.05) is 6.92 Å². The number of nitriles is 1. The number of pyridine rings is 1. The fraction of sp³-hybridized carbons (Fsp3) is 0.467. The topological polar surface area (TPSA) is 65.7 Å². The van der Waals surface area contributed by atoms with Crippen LogP contribution in [0.2, 0.25) is 0 Å². The average Bonchev–Trinajstić information content (AvgIpc) is 2.46. The SMILES string of the molecule is Cc1cc(C)c2c(N3CCC[C@H](C#N)C3)ncnc2n1. The van der Waals surface area contributed by atoms with E-state index in [1.54, 1.807) is 6.33 Å². The molecule has 3 heterocycles. The fourth-order valence-corrected chi connectivity index (χ4v) is 2.90. The highest BCUT2D eigenvalue weighted by Crippen LogP contribution is 2.29. The van der Waals surface area contributed by atoms with E-state index in [9.17, 15) is 0 Å². The first-order valence-electron chi connectivity index (χ1n) is 6.92. The molecule has 0 saturated carbocycles. The average molecular weight is 267 g/mol. The van der Waals surface area contributed by atoms with Crippen molar-refractivity contribution in [2.75, 3.05) is 18.0 Å². The second-order valence-electron chi connectivity index (χ2n) is 5.39. The van der Waals surface area contributed by atoms with Crippen molar-refractivity contribution in [3.05, 3.63) is 23.7 Å². The molecule has 1 saturated heterocycles. The highest BCUT2D eigenvalue weighted by molar-refractivity contribution is 5.90. The molecule has 0 aromatic carbocycles. The van der Waals surface area contributed by atoms with Gasteiger partial charge < -0.3 is 4.90 Å². The minimum absolute atomic E-state index is 0.0903. The number of anilines is 1. The molecule has 1 aliphatic heterocycles. The third kappa shape index (κ3) is 2.18. The van der Waals surface area contributed by atoms with Gasteiger partial charge in [-0.05, 0) is 38.3 Å². The third-order valence-electron chi connectivity index (χ3n) is 3.81. The van der Waals surface area contributed by atoms with E-state index in [0.717, 1.165) is 54.0 Å². The predicted octanol–water partition coefficient (Wildman–Crippen LogP) is 2.38. The lowest BCUT2D eigenvalue weighted by molar-refractivity contribution is 0.491. The Balaban J connectivity index is 2.10. The molecule has 5 nitrogen and oxygen atoms in total. The lowest BCUT2D eigenvalue weighted by Gasteiger charge is -2.31. The van der Waals surface area contributed by atoms with Crippen LogP contribution < -0.4 is 4.90 Å². The van der Waals surface area contributed by atoms with E-state index < -0.39 is 0 Å². The molecule has 3 rings (SSSR count). The molecule has 0 amide bonds. The summed E-state index contributed by atoms with van der Waals surface area (Å²) in [6.45, 7) is 5.73. The first kappa shape index (κ1) is 12.8. The number of aryl methyl sites for hydroxylation is 2. The van der Waals surface area contributed by atoms with Crippen LogP contribution >= 0.6 is 0 Å². The van der Waals surface area contributed by atoms with Gasteiger partial charge in [-0.1, -0.05) is 0 Å². The van der Waals surface area contributed by atoms with Gasteiger partial charge >= 0.3 is 0 Å². The summed E-state index contributed by atoms with van der Waals surface area (Å²) in [7, 11) is 0. The highest BCUT2D eigenvalue weighted by Gasteiger charge is 2.23. The molecule has 1 aliphatic rings. The quantitative estimate of drug-likeness (QED) is 0.793. The Kier molecular flexibility index (Phi) is 3.23. The van der Waals surface area contributed by atoms with Crippen molar-refractivity contribution in [2.24, 2.45) is 5.92 Å². The van der Waals surface area contributed by atoms with Crippen LogP contribution in [0.15, 0.2) is 12.4 Å². The Bertz CT molecular complexity index is 688. The van der Waals surface area contributed by atoms with Crippen LogP contribution in [0, 0.1) is 31.1 Å². The van der Waals surface area contributed by atoms with Crippen molar-refractivity contribution in [1.82, 2.24) is 15.0 Å². The van der Waals surface area contributed by atoms with Crippen molar-refractivity contribution in [2.45, 2.75) is 26.7 Å². The minimum Gasteiger partial charge on any atom is -0.355 e. The zero-order valence-corrected chi connectivity index (χ0v) is 11.8. The second kappa shape index (κ2) is 5.04. The molecular formula is C15H17N5. The van der Waals surface area contributed by atoms with E-state index >= 15 is 0 Å². The van der Waals surface area contributed by atoms with Crippen molar-refractivity contribution >= 4 is 16.9 Å². The monoisotopic (exact) mass is 267 g/mol. The smallest absolute Gasteiger partial charge is 0.165 e. The van der Waals surface area contributed by atoms with Gasteiger partial charge in [-0.25, -0.2) is 15.0 Å². The van der Waals surface area contributed by atoms with E-state index in [-0.39, 0.29) is 5.92 Å².